The van der Waals surface area contributed by atoms with Crippen LogP contribution in [0.15, 0.2) is 78.9 Å². The Morgan fingerprint density at radius 2 is 1.50 bits per heavy atom. The van der Waals surface area contributed by atoms with Crippen LogP contribution >= 0.6 is 0 Å². The van der Waals surface area contributed by atoms with Crippen LogP contribution < -0.4 is 4.74 Å². The van der Waals surface area contributed by atoms with Crippen molar-refractivity contribution < 1.29 is 19.4 Å². The van der Waals surface area contributed by atoms with Crippen molar-refractivity contribution in [2.24, 2.45) is 5.92 Å². The summed E-state index contributed by atoms with van der Waals surface area (Å²) in [4.78, 5) is 26.0. The lowest BCUT2D eigenvalue weighted by atomic mass is 10.1. The topological polar surface area (TPSA) is 94.4 Å². The van der Waals surface area contributed by atoms with Crippen LogP contribution in [0.25, 0.3) is 34.2 Å². The van der Waals surface area contributed by atoms with Crippen molar-refractivity contribution in [2.75, 3.05) is 13.2 Å². The maximum Gasteiger partial charge on any atom is 0.321 e. The first-order chi connectivity index (χ1) is 18.6. The number of aromatic hydroxyl groups is 1. The van der Waals surface area contributed by atoms with E-state index in [9.17, 15) is 9.90 Å². The van der Waals surface area contributed by atoms with Crippen molar-refractivity contribution in [1.82, 2.24) is 15.0 Å². The highest BCUT2D eigenvalue weighted by molar-refractivity contribution is 5.76. The fourth-order valence-corrected chi connectivity index (χ4v) is 3.58. The molecule has 0 aliphatic rings. The van der Waals surface area contributed by atoms with E-state index in [-0.39, 0.29) is 19.0 Å². The van der Waals surface area contributed by atoms with Gasteiger partial charge >= 0.3 is 5.97 Å². The molecule has 7 nitrogen and oxygen atoms in total. The Balaban J connectivity index is 1.51. The molecule has 0 bridgehead atoms. The minimum atomic E-state index is -0.573. The molecule has 1 unspecified atom stereocenters. The van der Waals surface area contributed by atoms with Gasteiger partial charge in [0.25, 0.3) is 0 Å². The molecule has 0 spiro atoms. The van der Waals surface area contributed by atoms with E-state index in [1.165, 1.54) is 6.07 Å². The molecule has 0 aliphatic heterocycles. The van der Waals surface area contributed by atoms with Gasteiger partial charge in [0.1, 0.15) is 30.6 Å². The zero-order valence-electron chi connectivity index (χ0n) is 20.8. The van der Waals surface area contributed by atoms with Crippen LogP contribution in [0.1, 0.15) is 13.3 Å². The van der Waals surface area contributed by atoms with Crippen molar-refractivity contribution >= 4 is 5.97 Å². The van der Waals surface area contributed by atoms with Crippen LogP contribution in [0.2, 0.25) is 0 Å². The summed E-state index contributed by atoms with van der Waals surface area (Å²) in [6.45, 7) is 1.96. The Kier molecular flexibility index (Phi) is 8.68. The highest BCUT2D eigenvalue weighted by Crippen LogP contribution is 2.32. The number of nitrogens with zero attached hydrogens (tertiary/aromatic N) is 3. The number of terminal acetylenes is 1. The number of esters is 1. The molecule has 0 saturated carbocycles. The fourth-order valence-electron chi connectivity index (χ4n) is 3.58. The van der Waals surface area contributed by atoms with Gasteiger partial charge in [-0.05, 0) is 30.4 Å². The lowest BCUT2D eigenvalue weighted by molar-refractivity contribution is -0.147. The van der Waals surface area contributed by atoms with Gasteiger partial charge in [-0.15, -0.1) is 6.42 Å². The summed E-state index contributed by atoms with van der Waals surface area (Å²) in [6, 6.07) is 24.0. The number of rotatable bonds is 9. The molecule has 1 atom stereocenters. The third kappa shape index (κ3) is 6.54. The van der Waals surface area contributed by atoms with Crippen molar-refractivity contribution in [3.05, 3.63) is 78.9 Å². The van der Waals surface area contributed by atoms with Gasteiger partial charge in [0, 0.05) is 17.2 Å². The van der Waals surface area contributed by atoms with Gasteiger partial charge < -0.3 is 14.6 Å². The third-order valence-electron chi connectivity index (χ3n) is 5.52. The first-order valence-electron chi connectivity index (χ1n) is 12.0. The molecule has 38 heavy (non-hydrogen) atoms. The van der Waals surface area contributed by atoms with Gasteiger partial charge in [-0.1, -0.05) is 73.5 Å². The lowest BCUT2D eigenvalue weighted by Gasteiger charge is -2.12. The van der Waals surface area contributed by atoms with Gasteiger partial charge in [0.2, 0.25) is 0 Å². The van der Waals surface area contributed by atoms with Crippen LogP contribution in [0, 0.1) is 30.1 Å². The van der Waals surface area contributed by atoms with Crippen LogP contribution in [-0.4, -0.2) is 39.2 Å². The van der Waals surface area contributed by atoms with Crippen LogP contribution in [0.5, 0.6) is 11.5 Å². The first kappa shape index (κ1) is 25.9. The Bertz CT molecular complexity index is 1450. The molecular weight excluding hydrogens is 478 g/mol. The average Bonchev–Trinajstić information content (AvgIpc) is 2.96. The quantitative estimate of drug-likeness (QED) is 0.191. The van der Waals surface area contributed by atoms with E-state index in [0.717, 1.165) is 11.1 Å². The Morgan fingerprint density at radius 1 is 0.895 bits per heavy atom. The van der Waals surface area contributed by atoms with E-state index in [0.29, 0.717) is 35.2 Å². The molecule has 0 fully saturated rings. The highest BCUT2D eigenvalue weighted by Gasteiger charge is 2.16. The summed E-state index contributed by atoms with van der Waals surface area (Å²) in [5.41, 5.74) is 2.09. The standard InChI is InChI=1S/C31H25N3O4/c1-3-5-12-22(4-2)31(36)38-20-19-37-25-17-18-26(27(35)21-25)30-33-28(23-13-8-6-9-14-23)32-29(34-30)24-15-10-7-11-16-24/h1,6-11,13-18,21-22,35H,4,19-20H2,2H3. The van der Waals surface area contributed by atoms with Gasteiger partial charge in [-0.25, -0.2) is 15.0 Å². The Hall–Kier alpha value is -5.14. The number of hydrogen-bond acceptors (Lipinski definition) is 7. The molecular formula is C31H25N3O4. The molecule has 4 rings (SSSR count). The molecule has 0 radical (unpaired) electrons. The second-order valence-corrected chi connectivity index (χ2v) is 8.11. The summed E-state index contributed by atoms with van der Waals surface area (Å²) in [6.07, 6.45) is 5.62. The Morgan fingerprint density at radius 3 is 2.05 bits per heavy atom. The summed E-state index contributed by atoms with van der Waals surface area (Å²) in [5, 5.41) is 10.8. The number of ether oxygens (including phenoxy) is 2. The van der Waals surface area contributed by atoms with Crippen molar-refractivity contribution in [2.45, 2.75) is 13.3 Å². The van der Waals surface area contributed by atoms with Gasteiger partial charge in [0.15, 0.2) is 17.5 Å². The number of carbonyl (C=O) groups is 1. The zero-order chi connectivity index (χ0) is 26.7. The first-order valence-corrected chi connectivity index (χ1v) is 12.0. The molecule has 7 heteroatoms. The monoisotopic (exact) mass is 503 g/mol. The zero-order valence-corrected chi connectivity index (χ0v) is 20.8. The number of benzene rings is 3. The highest BCUT2D eigenvalue weighted by atomic mass is 16.6. The summed E-state index contributed by atoms with van der Waals surface area (Å²) >= 11 is 0. The van der Waals surface area contributed by atoms with E-state index in [4.69, 9.17) is 15.9 Å². The second kappa shape index (κ2) is 12.7. The number of aromatic nitrogens is 3. The molecule has 3 aromatic carbocycles. The normalized spacial score (nSPS) is 10.9. The predicted molar refractivity (Wildman–Crippen MR) is 145 cm³/mol. The maximum atomic E-state index is 12.1. The average molecular weight is 504 g/mol. The minimum Gasteiger partial charge on any atom is -0.507 e. The summed E-state index contributed by atoms with van der Waals surface area (Å²) in [5.74, 6) is 7.97. The van der Waals surface area contributed by atoms with E-state index >= 15 is 0 Å². The molecule has 188 valence electrons. The van der Waals surface area contributed by atoms with Crippen molar-refractivity contribution in [3.63, 3.8) is 0 Å². The molecule has 0 amide bonds. The Labute approximate surface area is 221 Å². The predicted octanol–water partition coefficient (Wildman–Crippen LogP) is 5.16. The van der Waals surface area contributed by atoms with E-state index in [1.807, 2.05) is 67.6 Å². The lowest BCUT2D eigenvalue weighted by Crippen LogP contribution is -2.19. The summed E-state index contributed by atoms with van der Waals surface area (Å²) < 4.78 is 10.9. The molecule has 0 saturated heterocycles. The van der Waals surface area contributed by atoms with Crippen LogP contribution in [-0.2, 0) is 9.53 Å². The molecule has 4 aromatic rings. The van der Waals surface area contributed by atoms with E-state index < -0.39 is 11.9 Å². The second-order valence-electron chi connectivity index (χ2n) is 8.11. The molecule has 0 aliphatic carbocycles. The maximum absolute atomic E-state index is 12.1. The van der Waals surface area contributed by atoms with Crippen LogP contribution in [0.3, 0.4) is 0 Å². The minimum absolute atomic E-state index is 0.0317. The van der Waals surface area contributed by atoms with E-state index in [2.05, 4.69) is 32.7 Å². The van der Waals surface area contributed by atoms with Gasteiger partial charge in [0.05, 0.1) is 5.56 Å². The largest absolute Gasteiger partial charge is 0.507 e. The number of phenolic OH excluding ortho intramolecular Hbond substituents is 1. The van der Waals surface area contributed by atoms with Crippen molar-refractivity contribution in [1.29, 1.82) is 0 Å². The number of carbonyl (C=O) groups excluding carboxylic acids is 1. The number of phenols is 1. The fraction of sp³-hybridized carbons (Fsp3) is 0.161. The molecule has 1 heterocycles. The van der Waals surface area contributed by atoms with Gasteiger partial charge in [-0.2, -0.15) is 0 Å². The third-order valence-corrected chi connectivity index (χ3v) is 5.52. The SMILES string of the molecule is C#CC#CC(CC)C(=O)OCCOc1ccc(-c2nc(-c3ccccc3)nc(-c3ccccc3)n2)c(O)c1. The smallest absolute Gasteiger partial charge is 0.321 e. The van der Waals surface area contributed by atoms with Crippen LogP contribution in [0.4, 0.5) is 0 Å². The van der Waals surface area contributed by atoms with Crippen molar-refractivity contribution in [3.8, 4) is 69.8 Å². The molecule has 1 aromatic heterocycles. The molecule has 1 N–H and O–H groups in total. The summed E-state index contributed by atoms with van der Waals surface area (Å²) in [7, 11) is 0. The van der Waals surface area contributed by atoms with Gasteiger partial charge in [-0.3, -0.25) is 4.79 Å². The van der Waals surface area contributed by atoms with E-state index in [1.54, 1.807) is 12.1 Å². The number of hydrogen-bond donors (Lipinski definition) is 1.